The van der Waals surface area contributed by atoms with E-state index in [-0.39, 0.29) is 5.82 Å². The topological polar surface area (TPSA) is 41.6 Å². The van der Waals surface area contributed by atoms with Crippen molar-refractivity contribution in [1.82, 2.24) is 10.2 Å². The number of carbonyl (C=O) groups is 1. The number of rotatable bonds is 9. The van der Waals surface area contributed by atoms with Crippen molar-refractivity contribution in [3.63, 3.8) is 0 Å². The standard InChI is InChI=1S/C21H31FN2O2/c22-18-6-9-20(10-7-18)26-15-14-23-13-12-19-8-11-21(25)24(19)16-17-4-2-1-3-5-17/h6-7,9-10,17,19,23H,1-5,8,11-16H2. The third-order valence-electron chi connectivity index (χ3n) is 5.65. The van der Waals surface area contributed by atoms with Crippen LogP contribution >= 0.6 is 0 Å². The first-order valence-electron chi connectivity index (χ1n) is 10.1. The number of likely N-dealkylation sites (tertiary alicyclic amines) is 1. The molecule has 2 aliphatic rings. The average molecular weight is 362 g/mol. The Labute approximate surface area is 156 Å². The van der Waals surface area contributed by atoms with Crippen molar-refractivity contribution >= 4 is 5.91 Å². The van der Waals surface area contributed by atoms with Crippen LogP contribution in [0.2, 0.25) is 0 Å². The van der Waals surface area contributed by atoms with Crippen LogP contribution in [0, 0.1) is 11.7 Å². The van der Waals surface area contributed by atoms with Crippen molar-refractivity contribution in [3.05, 3.63) is 30.1 Å². The summed E-state index contributed by atoms with van der Waals surface area (Å²) in [6, 6.07) is 6.49. The first-order chi connectivity index (χ1) is 12.7. The number of hydrogen-bond acceptors (Lipinski definition) is 3. The van der Waals surface area contributed by atoms with Gasteiger partial charge in [0.1, 0.15) is 18.2 Å². The van der Waals surface area contributed by atoms with Gasteiger partial charge in [-0.25, -0.2) is 4.39 Å². The van der Waals surface area contributed by atoms with E-state index in [0.29, 0.717) is 36.6 Å². The van der Waals surface area contributed by atoms with Crippen LogP contribution in [0.4, 0.5) is 4.39 Å². The number of halogens is 1. The molecule has 1 heterocycles. The first kappa shape index (κ1) is 19.2. The van der Waals surface area contributed by atoms with Crippen molar-refractivity contribution in [2.45, 2.75) is 57.4 Å². The Morgan fingerprint density at radius 2 is 1.85 bits per heavy atom. The average Bonchev–Trinajstić information content (AvgIpc) is 3.00. The van der Waals surface area contributed by atoms with Crippen LogP contribution in [-0.2, 0) is 4.79 Å². The zero-order chi connectivity index (χ0) is 18.2. The summed E-state index contributed by atoms with van der Waals surface area (Å²) in [7, 11) is 0. The van der Waals surface area contributed by atoms with Crippen LogP contribution < -0.4 is 10.1 Å². The molecule has 1 N–H and O–H groups in total. The minimum atomic E-state index is -0.251. The van der Waals surface area contributed by atoms with Gasteiger partial charge in [-0.3, -0.25) is 4.79 Å². The molecule has 1 aromatic carbocycles. The summed E-state index contributed by atoms with van der Waals surface area (Å²) in [5.41, 5.74) is 0. The van der Waals surface area contributed by atoms with Gasteiger partial charge in [0.05, 0.1) is 0 Å². The molecule has 1 atom stereocenters. The van der Waals surface area contributed by atoms with E-state index in [2.05, 4.69) is 10.2 Å². The second kappa shape index (κ2) is 9.91. The number of amides is 1. The minimum Gasteiger partial charge on any atom is -0.492 e. The SMILES string of the molecule is O=C1CCC(CCNCCOc2ccc(F)cc2)N1CC1CCCCC1. The highest BCUT2D eigenvalue weighted by Crippen LogP contribution is 2.29. The summed E-state index contributed by atoms with van der Waals surface area (Å²) in [4.78, 5) is 14.4. The summed E-state index contributed by atoms with van der Waals surface area (Å²) in [5, 5.41) is 3.40. The monoisotopic (exact) mass is 362 g/mol. The lowest BCUT2D eigenvalue weighted by atomic mass is 9.88. The fourth-order valence-electron chi connectivity index (χ4n) is 4.16. The molecule has 26 heavy (non-hydrogen) atoms. The molecule has 0 spiro atoms. The molecule has 1 aliphatic heterocycles. The van der Waals surface area contributed by atoms with Crippen LogP contribution in [0.5, 0.6) is 5.75 Å². The molecule has 4 nitrogen and oxygen atoms in total. The highest BCUT2D eigenvalue weighted by Gasteiger charge is 2.32. The molecule has 1 saturated heterocycles. The maximum atomic E-state index is 12.8. The van der Waals surface area contributed by atoms with Gasteiger partial charge in [0.2, 0.25) is 5.91 Å². The van der Waals surface area contributed by atoms with Gasteiger partial charge < -0.3 is 15.0 Å². The highest BCUT2D eigenvalue weighted by atomic mass is 19.1. The highest BCUT2D eigenvalue weighted by molar-refractivity contribution is 5.78. The summed E-state index contributed by atoms with van der Waals surface area (Å²) in [6.07, 6.45) is 9.31. The molecular formula is C21H31FN2O2. The number of benzene rings is 1. The van der Waals surface area contributed by atoms with Crippen molar-refractivity contribution in [3.8, 4) is 5.75 Å². The predicted molar refractivity (Wildman–Crippen MR) is 101 cm³/mol. The van der Waals surface area contributed by atoms with Crippen molar-refractivity contribution in [2.75, 3.05) is 26.2 Å². The second-order valence-electron chi connectivity index (χ2n) is 7.58. The van der Waals surface area contributed by atoms with Crippen LogP contribution in [0.1, 0.15) is 51.4 Å². The fraction of sp³-hybridized carbons (Fsp3) is 0.667. The van der Waals surface area contributed by atoms with Crippen molar-refractivity contribution in [1.29, 1.82) is 0 Å². The van der Waals surface area contributed by atoms with Gasteiger partial charge in [0, 0.05) is 25.6 Å². The van der Waals surface area contributed by atoms with Gasteiger partial charge in [-0.1, -0.05) is 19.3 Å². The van der Waals surface area contributed by atoms with Gasteiger partial charge in [0.25, 0.3) is 0 Å². The first-order valence-corrected chi connectivity index (χ1v) is 10.1. The molecule has 3 rings (SSSR count). The third-order valence-corrected chi connectivity index (χ3v) is 5.65. The molecule has 0 radical (unpaired) electrons. The van der Waals surface area contributed by atoms with Crippen LogP contribution in [-0.4, -0.2) is 43.1 Å². The fourth-order valence-corrected chi connectivity index (χ4v) is 4.16. The van der Waals surface area contributed by atoms with Crippen molar-refractivity contribution in [2.24, 2.45) is 5.92 Å². The number of hydrogen-bond donors (Lipinski definition) is 1. The molecule has 1 amide bonds. The van der Waals surface area contributed by atoms with E-state index in [1.165, 1.54) is 44.2 Å². The van der Waals surface area contributed by atoms with E-state index >= 15 is 0 Å². The molecule has 0 bridgehead atoms. The van der Waals surface area contributed by atoms with E-state index in [1.54, 1.807) is 12.1 Å². The summed E-state index contributed by atoms with van der Waals surface area (Å²) in [6.45, 7) is 3.17. The number of nitrogens with zero attached hydrogens (tertiary/aromatic N) is 1. The zero-order valence-corrected chi connectivity index (χ0v) is 15.6. The smallest absolute Gasteiger partial charge is 0.222 e. The quantitative estimate of drug-likeness (QED) is 0.680. The lowest BCUT2D eigenvalue weighted by molar-refractivity contribution is -0.129. The molecule has 1 saturated carbocycles. The Balaban J connectivity index is 1.31. The predicted octanol–water partition coefficient (Wildman–Crippen LogP) is 3.76. The van der Waals surface area contributed by atoms with E-state index in [1.807, 2.05) is 0 Å². The lowest BCUT2D eigenvalue weighted by Gasteiger charge is -2.31. The Bertz CT molecular complexity index is 558. The van der Waals surface area contributed by atoms with Crippen molar-refractivity contribution < 1.29 is 13.9 Å². The number of carbonyl (C=O) groups excluding carboxylic acids is 1. The number of ether oxygens (including phenoxy) is 1. The molecule has 1 aromatic rings. The second-order valence-corrected chi connectivity index (χ2v) is 7.58. The summed E-state index contributed by atoms with van der Waals surface area (Å²) < 4.78 is 18.4. The van der Waals surface area contributed by atoms with Gasteiger partial charge in [0.15, 0.2) is 0 Å². The largest absolute Gasteiger partial charge is 0.492 e. The number of nitrogens with one attached hydrogen (secondary N) is 1. The molecule has 2 fully saturated rings. The summed E-state index contributed by atoms with van der Waals surface area (Å²) in [5.74, 6) is 1.50. The normalized spacial score (nSPS) is 21.3. The maximum absolute atomic E-state index is 12.8. The zero-order valence-electron chi connectivity index (χ0n) is 15.6. The Morgan fingerprint density at radius 1 is 1.08 bits per heavy atom. The van der Waals surface area contributed by atoms with Gasteiger partial charge in [-0.2, -0.15) is 0 Å². The molecule has 0 aromatic heterocycles. The van der Waals surface area contributed by atoms with E-state index in [4.69, 9.17) is 4.74 Å². The van der Waals surface area contributed by atoms with Gasteiger partial charge >= 0.3 is 0 Å². The van der Waals surface area contributed by atoms with E-state index in [9.17, 15) is 9.18 Å². The molecule has 144 valence electrons. The molecule has 5 heteroatoms. The van der Waals surface area contributed by atoms with Gasteiger partial charge in [-0.05, 0) is 62.4 Å². The van der Waals surface area contributed by atoms with Crippen LogP contribution in [0.3, 0.4) is 0 Å². The third kappa shape index (κ3) is 5.70. The van der Waals surface area contributed by atoms with Gasteiger partial charge in [-0.15, -0.1) is 0 Å². The van der Waals surface area contributed by atoms with Crippen LogP contribution in [0.15, 0.2) is 24.3 Å². The van der Waals surface area contributed by atoms with Crippen LogP contribution in [0.25, 0.3) is 0 Å². The maximum Gasteiger partial charge on any atom is 0.222 e. The summed E-state index contributed by atoms with van der Waals surface area (Å²) >= 11 is 0. The molecule has 1 aliphatic carbocycles. The lowest BCUT2D eigenvalue weighted by Crippen LogP contribution is -2.39. The minimum absolute atomic E-state index is 0.251. The Kier molecular flexibility index (Phi) is 7.30. The Morgan fingerprint density at radius 3 is 2.62 bits per heavy atom. The van der Waals surface area contributed by atoms with E-state index in [0.717, 1.165) is 32.5 Å². The molecular weight excluding hydrogens is 331 g/mol. The molecule has 1 unspecified atom stereocenters. The van der Waals surface area contributed by atoms with E-state index < -0.39 is 0 Å². The Hall–Kier alpha value is -1.62.